The number of benzene rings is 8. The fourth-order valence-electron chi connectivity index (χ4n) is 7.68. The molecule has 3 heterocycles. The average molecular weight is 666 g/mol. The van der Waals surface area contributed by atoms with Gasteiger partial charge in [0.1, 0.15) is 22.3 Å². The molecule has 0 aliphatic rings. The monoisotopic (exact) mass is 665 g/mol. The summed E-state index contributed by atoms with van der Waals surface area (Å²) in [5.74, 6) is 1.77. The van der Waals surface area contributed by atoms with Crippen molar-refractivity contribution in [1.29, 1.82) is 0 Å². The third-order valence-corrected chi connectivity index (χ3v) is 10.1. The first-order valence-electron chi connectivity index (χ1n) is 17.3. The van der Waals surface area contributed by atoms with Gasteiger partial charge < -0.3 is 8.83 Å². The van der Waals surface area contributed by atoms with Crippen LogP contribution in [0.2, 0.25) is 0 Å². The second-order valence-corrected chi connectivity index (χ2v) is 13.2. The van der Waals surface area contributed by atoms with Crippen molar-refractivity contribution in [3.63, 3.8) is 0 Å². The summed E-state index contributed by atoms with van der Waals surface area (Å²) in [5.41, 5.74) is 8.29. The van der Waals surface area contributed by atoms with Gasteiger partial charge in [-0.05, 0) is 75.1 Å². The van der Waals surface area contributed by atoms with Crippen molar-refractivity contribution in [3.8, 4) is 45.3 Å². The van der Waals surface area contributed by atoms with Gasteiger partial charge in [0.25, 0.3) is 0 Å². The van der Waals surface area contributed by atoms with Crippen LogP contribution in [0.4, 0.5) is 0 Å². The maximum atomic E-state index is 6.61. The molecule has 3 aromatic heterocycles. The minimum atomic E-state index is 0.577. The number of aromatic nitrogens is 3. The zero-order valence-corrected chi connectivity index (χ0v) is 27.7. The van der Waals surface area contributed by atoms with Gasteiger partial charge in [0.15, 0.2) is 17.5 Å². The van der Waals surface area contributed by atoms with E-state index in [-0.39, 0.29) is 0 Å². The van der Waals surface area contributed by atoms with Crippen LogP contribution < -0.4 is 0 Å². The molecule has 0 aliphatic heterocycles. The largest absolute Gasteiger partial charge is 0.456 e. The quantitative estimate of drug-likeness (QED) is 0.187. The molecule has 0 bridgehead atoms. The molecule has 0 fully saturated rings. The maximum absolute atomic E-state index is 6.61. The Kier molecular flexibility index (Phi) is 6.18. The summed E-state index contributed by atoms with van der Waals surface area (Å²) in [7, 11) is 0. The molecule has 0 atom stereocenters. The van der Waals surface area contributed by atoms with Crippen LogP contribution in [-0.2, 0) is 0 Å². The van der Waals surface area contributed by atoms with E-state index < -0.39 is 0 Å². The molecule has 5 heteroatoms. The lowest BCUT2D eigenvalue weighted by Crippen LogP contribution is -2.00. The Bertz CT molecular complexity index is 3190. The molecule has 242 valence electrons. The molecular weight excluding hydrogens is 639 g/mol. The normalized spacial score (nSPS) is 11.8. The molecule has 0 N–H and O–H groups in total. The minimum Gasteiger partial charge on any atom is -0.456 e. The van der Waals surface area contributed by atoms with E-state index >= 15 is 0 Å². The van der Waals surface area contributed by atoms with Gasteiger partial charge in [-0.2, -0.15) is 0 Å². The van der Waals surface area contributed by atoms with Gasteiger partial charge >= 0.3 is 0 Å². The number of hydrogen-bond donors (Lipinski definition) is 0. The van der Waals surface area contributed by atoms with Crippen molar-refractivity contribution in [3.05, 3.63) is 164 Å². The number of rotatable bonds is 4. The van der Waals surface area contributed by atoms with Gasteiger partial charge in [-0.25, -0.2) is 15.0 Å². The van der Waals surface area contributed by atoms with E-state index in [1.54, 1.807) is 0 Å². The lowest BCUT2D eigenvalue weighted by Gasteiger charge is -2.11. The summed E-state index contributed by atoms with van der Waals surface area (Å²) < 4.78 is 12.8. The fraction of sp³-hybridized carbons (Fsp3) is 0. The van der Waals surface area contributed by atoms with Crippen molar-refractivity contribution in [1.82, 2.24) is 15.0 Å². The van der Waals surface area contributed by atoms with Crippen molar-refractivity contribution in [2.75, 3.05) is 0 Å². The van der Waals surface area contributed by atoms with Crippen LogP contribution in [0.5, 0.6) is 0 Å². The van der Waals surface area contributed by atoms with Crippen molar-refractivity contribution >= 4 is 65.4 Å². The predicted octanol–water partition coefficient (Wildman–Crippen LogP) is 12.6. The van der Waals surface area contributed by atoms with E-state index in [2.05, 4.69) is 97.1 Å². The van der Waals surface area contributed by atoms with Crippen LogP contribution in [0, 0.1) is 0 Å². The Morgan fingerprint density at radius 1 is 0.308 bits per heavy atom. The summed E-state index contributed by atoms with van der Waals surface area (Å²) in [6, 6.07) is 56.4. The molecule has 52 heavy (non-hydrogen) atoms. The van der Waals surface area contributed by atoms with Crippen LogP contribution in [0.3, 0.4) is 0 Å². The Hall–Kier alpha value is -7.11. The Labute approximate surface area is 297 Å². The summed E-state index contributed by atoms with van der Waals surface area (Å²) in [4.78, 5) is 15.1. The number of nitrogens with zero attached hydrogens (tertiary/aromatic N) is 3. The van der Waals surface area contributed by atoms with E-state index in [1.165, 1.54) is 21.7 Å². The van der Waals surface area contributed by atoms with Crippen molar-refractivity contribution in [2.24, 2.45) is 0 Å². The molecule has 0 saturated carbocycles. The number of furan rings is 2. The molecule has 0 saturated heterocycles. The van der Waals surface area contributed by atoms with Crippen LogP contribution in [-0.4, -0.2) is 15.0 Å². The van der Waals surface area contributed by atoms with Crippen LogP contribution in [0.25, 0.3) is 111 Å². The van der Waals surface area contributed by atoms with E-state index in [4.69, 9.17) is 23.8 Å². The maximum Gasteiger partial charge on any atom is 0.164 e. The highest BCUT2D eigenvalue weighted by molar-refractivity contribution is 6.23. The van der Waals surface area contributed by atoms with Crippen LogP contribution in [0.1, 0.15) is 0 Å². The van der Waals surface area contributed by atoms with Crippen molar-refractivity contribution < 1.29 is 8.83 Å². The molecule has 11 rings (SSSR count). The molecule has 0 unspecified atom stereocenters. The summed E-state index contributed by atoms with van der Waals surface area (Å²) >= 11 is 0. The first kappa shape index (κ1) is 28.7. The highest BCUT2D eigenvalue weighted by Crippen LogP contribution is 2.42. The molecule has 0 amide bonds. The first-order chi connectivity index (χ1) is 25.7. The van der Waals surface area contributed by atoms with Gasteiger partial charge in [0.05, 0.1) is 0 Å². The lowest BCUT2D eigenvalue weighted by atomic mass is 9.92. The van der Waals surface area contributed by atoms with Gasteiger partial charge in [-0.1, -0.05) is 121 Å². The molecular formula is C47H27N3O2. The minimum absolute atomic E-state index is 0.577. The van der Waals surface area contributed by atoms with E-state index in [1.807, 2.05) is 66.7 Å². The third-order valence-electron chi connectivity index (χ3n) is 10.1. The first-order valence-corrected chi connectivity index (χ1v) is 17.3. The number of hydrogen-bond acceptors (Lipinski definition) is 5. The number of para-hydroxylation sites is 1. The molecule has 11 aromatic rings. The van der Waals surface area contributed by atoms with Crippen LogP contribution >= 0.6 is 0 Å². The fourth-order valence-corrected chi connectivity index (χ4v) is 7.68. The predicted molar refractivity (Wildman–Crippen MR) is 211 cm³/mol. The second kappa shape index (κ2) is 11.2. The Morgan fingerprint density at radius 3 is 1.75 bits per heavy atom. The van der Waals surface area contributed by atoms with Crippen molar-refractivity contribution in [2.45, 2.75) is 0 Å². The molecule has 0 spiro atoms. The molecule has 0 radical (unpaired) electrons. The zero-order valence-electron chi connectivity index (χ0n) is 27.7. The van der Waals surface area contributed by atoms with E-state index in [9.17, 15) is 0 Å². The van der Waals surface area contributed by atoms with Gasteiger partial charge in [0.2, 0.25) is 0 Å². The topological polar surface area (TPSA) is 65.0 Å². The molecule has 8 aromatic carbocycles. The molecule has 0 aliphatic carbocycles. The SMILES string of the molecule is c1ccc(-c2nc(-c3ccc4c(c3)oc3ccccc34)nc(-c3ccc4oc5cc(-c6cccc7ccccc67)c6ccccc6c5c4c3)n2)cc1. The lowest BCUT2D eigenvalue weighted by molar-refractivity contribution is 0.668. The highest BCUT2D eigenvalue weighted by atomic mass is 16.3. The smallest absolute Gasteiger partial charge is 0.164 e. The third kappa shape index (κ3) is 4.46. The Balaban J connectivity index is 1.11. The van der Waals surface area contributed by atoms with E-state index in [0.29, 0.717) is 17.5 Å². The zero-order chi connectivity index (χ0) is 34.2. The highest BCUT2D eigenvalue weighted by Gasteiger charge is 2.19. The average Bonchev–Trinajstić information content (AvgIpc) is 3.78. The summed E-state index contributed by atoms with van der Waals surface area (Å²) in [6.07, 6.45) is 0. The van der Waals surface area contributed by atoms with Gasteiger partial charge in [-0.3, -0.25) is 0 Å². The van der Waals surface area contributed by atoms with Gasteiger partial charge in [-0.15, -0.1) is 0 Å². The summed E-state index contributed by atoms with van der Waals surface area (Å²) in [6.45, 7) is 0. The second-order valence-electron chi connectivity index (χ2n) is 13.2. The molecule has 5 nitrogen and oxygen atoms in total. The van der Waals surface area contributed by atoms with Crippen LogP contribution in [0.15, 0.2) is 173 Å². The number of fused-ring (bicyclic) bond motifs is 9. The van der Waals surface area contributed by atoms with E-state index in [0.717, 1.165) is 71.5 Å². The Morgan fingerprint density at radius 2 is 0.904 bits per heavy atom. The van der Waals surface area contributed by atoms with Gasteiger partial charge in [0, 0.05) is 38.2 Å². The standard InChI is InChI=1S/C47H27N3O2/c1-2-12-29(13-3-1)45-48-46(50-47(49-45)31-21-23-36-35-17-8-9-20-40(35)51-42(36)26-31)30-22-24-41-39(25-30)44-37-18-7-6-16-34(37)38(27-43(44)52-41)33-19-10-14-28-11-4-5-15-32(28)33/h1-27H. The summed E-state index contributed by atoms with van der Waals surface area (Å²) in [5, 5.41) is 8.97.